The van der Waals surface area contributed by atoms with Gasteiger partial charge in [0.25, 0.3) is 0 Å². The summed E-state index contributed by atoms with van der Waals surface area (Å²) in [5.41, 5.74) is 2.31. The minimum Gasteiger partial charge on any atom is -0.466 e. The molecule has 3 nitrogen and oxygen atoms in total. The Kier molecular flexibility index (Phi) is 3.80. The van der Waals surface area contributed by atoms with E-state index in [0.717, 1.165) is 17.4 Å². The largest absolute Gasteiger partial charge is 0.466 e. The Balaban J connectivity index is 3.01. The van der Waals surface area contributed by atoms with Crippen molar-refractivity contribution in [3.05, 3.63) is 41.0 Å². The molecule has 0 saturated carbocycles. The van der Waals surface area contributed by atoms with Gasteiger partial charge in [-0.1, -0.05) is 23.8 Å². The molecule has 0 atom stereocenters. The zero-order chi connectivity index (χ0) is 11.3. The van der Waals surface area contributed by atoms with E-state index in [-0.39, 0.29) is 0 Å². The molecule has 1 rings (SSSR count). The Bertz CT molecular complexity index is 405. The first-order chi connectivity index (χ1) is 7.17. The van der Waals surface area contributed by atoms with E-state index < -0.39 is 5.97 Å². The standard InChI is InChI=1S/C12H12O3/c1-9-3-4-11(8-13)10(7-9)5-6-12(14)15-2/h3-8H,1-2H3. The van der Waals surface area contributed by atoms with Crippen molar-refractivity contribution < 1.29 is 14.3 Å². The number of aryl methyl sites for hydroxylation is 1. The highest BCUT2D eigenvalue weighted by atomic mass is 16.5. The number of carbonyl (C=O) groups excluding carboxylic acids is 2. The SMILES string of the molecule is COC(=O)C=Cc1cc(C)ccc1C=O. The van der Waals surface area contributed by atoms with Crippen molar-refractivity contribution in [2.24, 2.45) is 0 Å². The molecular formula is C12H12O3. The third-order valence-electron chi connectivity index (χ3n) is 1.97. The summed E-state index contributed by atoms with van der Waals surface area (Å²) in [5.74, 6) is -0.437. The van der Waals surface area contributed by atoms with Gasteiger partial charge >= 0.3 is 5.97 Å². The van der Waals surface area contributed by atoms with Gasteiger partial charge in [0.05, 0.1) is 7.11 Å². The van der Waals surface area contributed by atoms with Gasteiger partial charge in [0, 0.05) is 11.6 Å². The van der Waals surface area contributed by atoms with E-state index in [1.807, 2.05) is 19.1 Å². The first-order valence-electron chi connectivity index (χ1n) is 4.49. The van der Waals surface area contributed by atoms with Crippen molar-refractivity contribution >= 4 is 18.3 Å². The molecule has 0 aliphatic carbocycles. The molecule has 0 saturated heterocycles. The number of esters is 1. The average molecular weight is 204 g/mol. The van der Waals surface area contributed by atoms with E-state index in [2.05, 4.69) is 4.74 Å². The Hall–Kier alpha value is -1.90. The zero-order valence-electron chi connectivity index (χ0n) is 8.69. The number of hydrogen-bond acceptors (Lipinski definition) is 3. The highest BCUT2D eigenvalue weighted by Gasteiger charge is 1.99. The Morgan fingerprint density at radius 2 is 2.07 bits per heavy atom. The van der Waals surface area contributed by atoms with Crippen LogP contribution in [0.5, 0.6) is 0 Å². The number of benzene rings is 1. The summed E-state index contributed by atoms with van der Waals surface area (Å²) in [6, 6.07) is 5.40. The van der Waals surface area contributed by atoms with Crippen molar-refractivity contribution in [2.45, 2.75) is 6.92 Å². The monoisotopic (exact) mass is 204 g/mol. The molecule has 0 N–H and O–H groups in total. The van der Waals surface area contributed by atoms with Gasteiger partial charge in [-0.3, -0.25) is 4.79 Å². The lowest BCUT2D eigenvalue weighted by molar-refractivity contribution is -0.134. The van der Waals surface area contributed by atoms with Gasteiger partial charge in [-0.25, -0.2) is 4.79 Å². The summed E-state index contributed by atoms with van der Waals surface area (Å²) >= 11 is 0. The average Bonchev–Trinajstić information content (AvgIpc) is 2.26. The molecule has 78 valence electrons. The molecule has 1 aromatic rings. The van der Waals surface area contributed by atoms with Gasteiger partial charge in [-0.05, 0) is 18.6 Å². The molecule has 15 heavy (non-hydrogen) atoms. The molecule has 0 amide bonds. The van der Waals surface area contributed by atoms with Crippen LogP contribution in [0.1, 0.15) is 21.5 Å². The van der Waals surface area contributed by atoms with E-state index in [9.17, 15) is 9.59 Å². The van der Waals surface area contributed by atoms with Gasteiger partial charge in [-0.15, -0.1) is 0 Å². The van der Waals surface area contributed by atoms with Crippen LogP contribution in [-0.2, 0) is 9.53 Å². The highest BCUT2D eigenvalue weighted by Crippen LogP contribution is 2.11. The smallest absolute Gasteiger partial charge is 0.330 e. The molecule has 1 aromatic carbocycles. The highest BCUT2D eigenvalue weighted by molar-refractivity contribution is 5.90. The first-order valence-corrected chi connectivity index (χ1v) is 4.49. The second-order valence-corrected chi connectivity index (χ2v) is 3.11. The lowest BCUT2D eigenvalue weighted by Gasteiger charge is -2.00. The molecule has 0 aromatic heterocycles. The van der Waals surface area contributed by atoms with E-state index in [1.165, 1.54) is 13.2 Å². The maximum Gasteiger partial charge on any atom is 0.330 e. The van der Waals surface area contributed by atoms with Crippen molar-refractivity contribution in [3.8, 4) is 0 Å². The van der Waals surface area contributed by atoms with E-state index in [1.54, 1.807) is 12.1 Å². The van der Waals surface area contributed by atoms with Crippen LogP contribution in [0.4, 0.5) is 0 Å². The van der Waals surface area contributed by atoms with Crippen molar-refractivity contribution in [1.29, 1.82) is 0 Å². The second-order valence-electron chi connectivity index (χ2n) is 3.11. The number of methoxy groups -OCH3 is 1. The van der Waals surface area contributed by atoms with Crippen molar-refractivity contribution in [1.82, 2.24) is 0 Å². The topological polar surface area (TPSA) is 43.4 Å². The minimum atomic E-state index is -0.437. The van der Waals surface area contributed by atoms with E-state index in [4.69, 9.17) is 0 Å². The number of carbonyl (C=O) groups is 2. The van der Waals surface area contributed by atoms with Crippen molar-refractivity contribution in [2.75, 3.05) is 7.11 Å². The normalized spacial score (nSPS) is 10.3. The number of ether oxygens (including phenoxy) is 1. The molecule has 0 aliphatic rings. The summed E-state index contributed by atoms with van der Waals surface area (Å²) in [6.07, 6.45) is 3.63. The third kappa shape index (κ3) is 3.06. The summed E-state index contributed by atoms with van der Waals surface area (Å²) in [7, 11) is 1.31. The van der Waals surface area contributed by atoms with Crippen molar-refractivity contribution in [3.63, 3.8) is 0 Å². The van der Waals surface area contributed by atoms with Crippen LogP contribution in [0.2, 0.25) is 0 Å². The van der Waals surface area contributed by atoms with Crippen LogP contribution in [0.15, 0.2) is 24.3 Å². The molecular weight excluding hydrogens is 192 g/mol. The van der Waals surface area contributed by atoms with Crippen LogP contribution < -0.4 is 0 Å². The summed E-state index contributed by atoms with van der Waals surface area (Å²) < 4.78 is 4.46. The molecule has 0 bridgehead atoms. The Morgan fingerprint density at radius 3 is 2.67 bits per heavy atom. The summed E-state index contributed by atoms with van der Waals surface area (Å²) in [6.45, 7) is 1.92. The minimum absolute atomic E-state index is 0.437. The molecule has 0 spiro atoms. The second kappa shape index (κ2) is 5.10. The molecule has 0 radical (unpaired) electrons. The van der Waals surface area contributed by atoms with E-state index >= 15 is 0 Å². The van der Waals surface area contributed by atoms with Crippen LogP contribution in [0.3, 0.4) is 0 Å². The molecule has 0 heterocycles. The van der Waals surface area contributed by atoms with Gasteiger partial charge in [0.2, 0.25) is 0 Å². The lowest BCUT2D eigenvalue weighted by atomic mass is 10.1. The number of hydrogen-bond donors (Lipinski definition) is 0. The Labute approximate surface area is 88.4 Å². The molecule has 0 fully saturated rings. The van der Waals surface area contributed by atoms with Gasteiger partial charge < -0.3 is 4.74 Å². The van der Waals surface area contributed by atoms with Crippen LogP contribution in [0.25, 0.3) is 6.08 Å². The maximum absolute atomic E-state index is 10.9. The molecule has 0 unspecified atom stereocenters. The predicted molar refractivity (Wildman–Crippen MR) is 57.6 cm³/mol. The molecule has 3 heteroatoms. The fourth-order valence-corrected chi connectivity index (χ4v) is 1.17. The lowest BCUT2D eigenvalue weighted by Crippen LogP contribution is -1.94. The van der Waals surface area contributed by atoms with E-state index in [0.29, 0.717) is 5.56 Å². The van der Waals surface area contributed by atoms with Crippen LogP contribution in [0, 0.1) is 6.92 Å². The summed E-state index contributed by atoms with van der Waals surface area (Å²) in [4.78, 5) is 21.6. The quantitative estimate of drug-likeness (QED) is 0.429. The summed E-state index contributed by atoms with van der Waals surface area (Å²) in [5, 5.41) is 0. The van der Waals surface area contributed by atoms with Gasteiger partial charge in [-0.2, -0.15) is 0 Å². The maximum atomic E-state index is 10.9. The van der Waals surface area contributed by atoms with Crippen LogP contribution >= 0.6 is 0 Å². The zero-order valence-corrected chi connectivity index (χ0v) is 8.69. The van der Waals surface area contributed by atoms with Gasteiger partial charge in [0.15, 0.2) is 6.29 Å². The fraction of sp³-hybridized carbons (Fsp3) is 0.167. The predicted octanol–water partition coefficient (Wildman–Crippen LogP) is 1.99. The molecule has 0 aliphatic heterocycles. The fourth-order valence-electron chi connectivity index (χ4n) is 1.17. The number of aldehydes is 1. The third-order valence-corrected chi connectivity index (χ3v) is 1.97. The first kappa shape index (κ1) is 11.2. The van der Waals surface area contributed by atoms with Gasteiger partial charge in [0.1, 0.15) is 0 Å². The Morgan fingerprint density at radius 1 is 1.33 bits per heavy atom. The number of rotatable bonds is 3. The van der Waals surface area contributed by atoms with Crippen LogP contribution in [-0.4, -0.2) is 19.4 Å².